The SMILES string of the molecule is CCCN1c2cc(OC)c(C=Nc3ccc(Oc4ccccc4OC)cc3)cc2C(C)CC1(C)C. The molecule has 3 aromatic carbocycles. The van der Waals surface area contributed by atoms with Crippen molar-refractivity contribution < 1.29 is 14.2 Å². The van der Waals surface area contributed by atoms with Crippen LogP contribution in [-0.4, -0.2) is 32.5 Å². The molecule has 0 fully saturated rings. The molecule has 35 heavy (non-hydrogen) atoms. The van der Waals surface area contributed by atoms with Gasteiger partial charge in [0.1, 0.15) is 11.5 Å². The van der Waals surface area contributed by atoms with Crippen LogP contribution in [0, 0.1) is 0 Å². The Morgan fingerprint density at radius 3 is 2.31 bits per heavy atom. The van der Waals surface area contributed by atoms with E-state index in [9.17, 15) is 0 Å². The molecule has 0 N–H and O–H groups in total. The highest BCUT2D eigenvalue weighted by Gasteiger charge is 2.36. The summed E-state index contributed by atoms with van der Waals surface area (Å²) in [4.78, 5) is 7.26. The van der Waals surface area contributed by atoms with E-state index in [1.807, 2.05) is 54.7 Å². The number of rotatable bonds is 8. The molecule has 1 unspecified atom stereocenters. The Bertz CT molecular complexity index is 1180. The second kappa shape index (κ2) is 10.4. The van der Waals surface area contributed by atoms with Crippen LogP contribution in [0.25, 0.3) is 0 Å². The summed E-state index contributed by atoms with van der Waals surface area (Å²) >= 11 is 0. The Kier molecular flexibility index (Phi) is 7.34. The maximum atomic E-state index is 5.97. The molecule has 0 aromatic heterocycles. The van der Waals surface area contributed by atoms with Gasteiger partial charge in [-0.05, 0) is 80.6 Å². The molecule has 0 bridgehead atoms. The van der Waals surface area contributed by atoms with Crippen molar-refractivity contribution in [3.05, 3.63) is 71.8 Å². The van der Waals surface area contributed by atoms with Gasteiger partial charge < -0.3 is 19.1 Å². The number of hydrogen-bond acceptors (Lipinski definition) is 5. The maximum absolute atomic E-state index is 5.97. The van der Waals surface area contributed by atoms with E-state index in [1.54, 1.807) is 14.2 Å². The van der Waals surface area contributed by atoms with E-state index >= 15 is 0 Å². The Labute approximate surface area is 209 Å². The molecule has 3 aromatic rings. The fourth-order valence-electron chi connectivity index (χ4n) is 5.03. The second-order valence-electron chi connectivity index (χ2n) is 9.73. The minimum absolute atomic E-state index is 0.122. The van der Waals surface area contributed by atoms with Gasteiger partial charge in [0.2, 0.25) is 0 Å². The molecule has 0 saturated heterocycles. The Balaban J connectivity index is 1.58. The summed E-state index contributed by atoms with van der Waals surface area (Å²) in [6.45, 7) is 10.3. The topological polar surface area (TPSA) is 43.3 Å². The van der Waals surface area contributed by atoms with Crippen molar-refractivity contribution >= 4 is 17.6 Å². The molecule has 1 heterocycles. The van der Waals surface area contributed by atoms with Crippen LogP contribution >= 0.6 is 0 Å². The summed E-state index contributed by atoms with van der Waals surface area (Å²) < 4.78 is 17.1. The van der Waals surface area contributed by atoms with Crippen LogP contribution in [0.4, 0.5) is 11.4 Å². The number of methoxy groups -OCH3 is 2. The summed E-state index contributed by atoms with van der Waals surface area (Å²) in [5, 5.41) is 0. The lowest BCUT2D eigenvalue weighted by Gasteiger charge is -2.47. The van der Waals surface area contributed by atoms with Gasteiger partial charge in [-0.15, -0.1) is 0 Å². The highest BCUT2D eigenvalue weighted by molar-refractivity contribution is 5.88. The van der Waals surface area contributed by atoms with Gasteiger partial charge in [-0.2, -0.15) is 0 Å². The number of anilines is 1. The van der Waals surface area contributed by atoms with Crippen LogP contribution < -0.4 is 19.1 Å². The number of benzene rings is 3. The van der Waals surface area contributed by atoms with Crippen molar-refractivity contribution in [2.45, 2.75) is 52.0 Å². The Morgan fingerprint density at radius 2 is 1.66 bits per heavy atom. The van der Waals surface area contributed by atoms with E-state index in [2.05, 4.69) is 44.7 Å². The maximum Gasteiger partial charge on any atom is 0.169 e. The first kappa shape index (κ1) is 24.6. The smallest absolute Gasteiger partial charge is 0.169 e. The predicted molar refractivity (Wildman–Crippen MR) is 145 cm³/mol. The van der Waals surface area contributed by atoms with Crippen LogP contribution in [0.1, 0.15) is 57.6 Å². The fourth-order valence-corrected chi connectivity index (χ4v) is 5.03. The molecule has 0 radical (unpaired) electrons. The van der Waals surface area contributed by atoms with Crippen molar-refractivity contribution in [3.63, 3.8) is 0 Å². The summed E-state index contributed by atoms with van der Waals surface area (Å²) in [5.41, 5.74) is 4.60. The molecule has 5 heteroatoms. The van der Waals surface area contributed by atoms with Gasteiger partial charge in [-0.25, -0.2) is 0 Å². The highest BCUT2D eigenvalue weighted by atomic mass is 16.5. The number of aliphatic imine (C=N–C) groups is 1. The first-order valence-electron chi connectivity index (χ1n) is 12.3. The Hall–Kier alpha value is -3.47. The average Bonchev–Trinajstić information content (AvgIpc) is 2.85. The molecular weight excluding hydrogens is 436 g/mol. The third kappa shape index (κ3) is 5.29. The molecule has 1 aliphatic heterocycles. The van der Waals surface area contributed by atoms with E-state index in [-0.39, 0.29) is 5.54 Å². The molecule has 1 atom stereocenters. The summed E-state index contributed by atoms with van der Waals surface area (Å²) in [5.74, 6) is 3.42. The third-order valence-corrected chi connectivity index (χ3v) is 6.67. The number of nitrogens with zero attached hydrogens (tertiary/aromatic N) is 2. The van der Waals surface area contributed by atoms with Gasteiger partial charge in [-0.1, -0.05) is 26.0 Å². The largest absolute Gasteiger partial charge is 0.496 e. The molecule has 4 rings (SSSR count). The third-order valence-electron chi connectivity index (χ3n) is 6.67. The van der Waals surface area contributed by atoms with E-state index in [0.29, 0.717) is 17.4 Å². The van der Waals surface area contributed by atoms with Gasteiger partial charge >= 0.3 is 0 Å². The monoisotopic (exact) mass is 472 g/mol. The first-order chi connectivity index (χ1) is 16.9. The lowest BCUT2D eigenvalue weighted by atomic mass is 9.79. The zero-order valence-electron chi connectivity index (χ0n) is 21.7. The van der Waals surface area contributed by atoms with Crippen LogP contribution in [0.2, 0.25) is 0 Å². The van der Waals surface area contributed by atoms with E-state index in [4.69, 9.17) is 19.2 Å². The number of hydrogen-bond donors (Lipinski definition) is 0. The minimum Gasteiger partial charge on any atom is -0.496 e. The minimum atomic E-state index is 0.122. The van der Waals surface area contributed by atoms with Crippen molar-refractivity contribution in [1.29, 1.82) is 0 Å². The van der Waals surface area contributed by atoms with E-state index in [0.717, 1.165) is 42.1 Å². The second-order valence-corrected chi connectivity index (χ2v) is 9.73. The van der Waals surface area contributed by atoms with Crippen molar-refractivity contribution in [3.8, 4) is 23.0 Å². The normalized spacial score (nSPS) is 16.7. The highest BCUT2D eigenvalue weighted by Crippen LogP contribution is 2.45. The van der Waals surface area contributed by atoms with Crippen molar-refractivity contribution in [1.82, 2.24) is 0 Å². The van der Waals surface area contributed by atoms with Gasteiger partial charge in [0.05, 0.1) is 19.9 Å². The molecule has 0 aliphatic carbocycles. The summed E-state index contributed by atoms with van der Waals surface area (Å²) in [6, 6.07) is 19.8. The molecule has 184 valence electrons. The van der Waals surface area contributed by atoms with E-state index in [1.165, 1.54) is 11.3 Å². The number of ether oxygens (including phenoxy) is 3. The predicted octanol–water partition coefficient (Wildman–Crippen LogP) is 7.75. The van der Waals surface area contributed by atoms with Crippen LogP contribution in [0.3, 0.4) is 0 Å². The van der Waals surface area contributed by atoms with Gasteiger partial charge in [0.25, 0.3) is 0 Å². The lowest BCUT2D eigenvalue weighted by Crippen LogP contribution is -2.48. The number of para-hydroxylation sites is 2. The molecule has 0 amide bonds. The lowest BCUT2D eigenvalue weighted by molar-refractivity contribution is 0.372. The molecule has 1 aliphatic rings. The van der Waals surface area contributed by atoms with Gasteiger partial charge in [-0.3, -0.25) is 4.99 Å². The van der Waals surface area contributed by atoms with E-state index < -0.39 is 0 Å². The Morgan fingerprint density at radius 1 is 0.971 bits per heavy atom. The van der Waals surface area contributed by atoms with Crippen molar-refractivity contribution in [2.24, 2.45) is 4.99 Å². The van der Waals surface area contributed by atoms with Crippen molar-refractivity contribution in [2.75, 3.05) is 25.7 Å². The first-order valence-corrected chi connectivity index (χ1v) is 12.3. The van der Waals surface area contributed by atoms with Crippen LogP contribution in [-0.2, 0) is 0 Å². The quantitative estimate of drug-likeness (QED) is 0.314. The van der Waals surface area contributed by atoms with Crippen LogP contribution in [0.15, 0.2) is 65.7 Å². The van der Waals surface area contributed by atoms with Gasteiger partial charge in [0, 0.05) is 35.6 Å². The van der Waals surface area contributed by atoms with Gasteiger partial charge in [0.15, 0.2) is 11.5 Å². The standard InChI is InChI=1S/C30H36N2O3/c1-7-16-32-26-18-29(34-6)22(17-25(26)21(2)19-30(32,3)4)20-31-23-12-14-24(15-13-23)35-28-11-9-8-10-27(28)33-5/h8-15,17-18,20-21H,7,16,19H2,1-6H3. The summed E-state index contributed by atoms with van der Waals surface area (Å²) in [6.07, 6.45) is 4.13. The van der Waals surface area contributed by atoms with Crippen LogP contribution in [0.5, 0.6) is 23.0 Å². The molecule has 0 saturated carbocycles. The molecule has 5 nitrogen and oxygen atoms in total. The number of fused-ring (bicyclic) bond motifs is 1. The molecule has 0 spiro atoms. The molecular formula is C30H36N2O3. The fraction of sp³-hybridized carbons (Fsp3) is 0.367. The zero-order chi connectivity index (χ0) is 25.0. The zero-order valence-corrected chi connectivity index (χ0v) is 21.7. The average molecular weight is 473 g/mol. The summed E-state index contributed by atoms with van der Waals surface area (Å²) in [7, 11) is 3.36.